The van der Waals surface area contributed by atoms with E-state index >= 15 is 9.59 Å². The fraction of sp³-hybridized carbons (Fsp3) is 0.567. The number of amides is 4. The summed E-state index contributed by atoms with van der Waals surface area (Å²) in [6.45, 7) is 17.3. The van der Waals surface area contributed by atoms with Gasteiger partial charge in [0.2, 0.25) is 20.0 Å². The van der Waals surface area contributed by atoms with E-state index in [1.54, 1.807) is 104 Å². The number of carbonyl (C=O) groups excluding carboxylic acids is 8. The van der Waals surface area contributed by atoms with Gasteiger partial charge in [-0.05, 0) is 85.5 Å². The number of rotatable bonds is 18. The zero-order valence-corrected chi connectivity index (χ0v) is 54.2. The number of benzene rings is 2. The van der Waals surface area contributed by atoms with Gasteiger partial charge in [0.1, 0.15) is 34.0 Å². The van der Waals surface area contributed by atoms with Crippen molar-refractivity contribution in [3.05, 3.63) is 95.6 Å². The van der Waals surface area contributed by atoms with Gasteiger partial charge in [0.25, 0.3) is 23.6 Å². The fourth-order valence-corrected chi connectivity index (χ4v) is 10.9. The predicted molar refractivity (Wildman–Crippen MR) is 321 cm³/mol. The molecule has 0 spiro atoms. The molecule has 1 fully saturated rings. The molecule has 26 nitrogen and oxygen atoms in total. The van der Waals surface area contributed by atoms with Crippen molar-refractivity contribution in [3.8, 4) is 0 Å². The molecule has 0 bridgehead atoms. The molecular weight excluding hydrogens is 1180 g/mol. The molecule has 0 radical (unpaired) electrons. The van der Waals surface area contributed by atoms with E-state index in [2.05, 4.69) is 10.2 Å². The number of primary sulfonamides is 2. The average molecular weight is 1270 g/mol. The molecule has 484 valence electrons. The third kappa shape index (κ3) is 19.7. The number of nitrogens with zero attached hydrogens (tertiary/aromatic N) is 8. The molecule has 3 heterocycles. The summed E-state index contributed by atoms with van der Waals surface area (Å²) in [6.07, 6.45) is -2.07. The van der Waals surface area contributed by atoms with Crippen molar-refractivity contribution in [1.82, 2.24) is 39.2 Å². The maximum atomic E-state index is 15.0. The van der Waals surface area contributed by atoms with Crippen LogP contribution in [0.15, 0.2) is 83.1 Å². The lowest BCUT2D eigenvalue weighted by molar-refractivity contribution is -0.176. The molecule has 1 saturated heterocycles. The highest BCUT2D eigenvalue weighted by atomic mass is 32.2. The van der Waals surface area contributed by atoms with E-state index in [9.17, 15) is 45.6 Å². The second-order valence-corrected chi connectivity index (χ2v) is 27.4. The zero-order valence-electron chi connectivity index (χ0n) is 52.6. The molecule has 1 aliphatic heterocycles. The Hall–Kier alpha value is -7.56. The molecule has 8 atom stereocenters. The number of cyclic esters (lactones) is 4. The van der Waals surface area contributed by atoms with Gasteiger partial charge in [-0.25, -0.2) is 46.3 Å². The summed E-state index contributed by atoms with van der Waals surface area (Å²) in [4.78, 5) is 122. The van der Waals surface area contributed by atoms with Gasteiger partial charge in [0, 0.05) is 53.4 Å². The molecule has 88 heavy (non-hydrogen) atoms. The summed E-state index contributed by atoms with van der Waals surface area (Å²) in [5.41, 5.74) is 2.31. The van der Waals surface area contributed by atoms with Gasteiger partial charge in [-0.1, -0.05) is 104 Å². The first kappa shape index (κ1) is 71.2. The molecule has 2 aromatic heterocycles. The van der Waals surface area contributed by atoms with E-state index in [4.69, 9.17) is 29.2 Å². The largest absolute Gasteiger partial charge is 0.451 e. The Balaban J connectivity index is 1.58. The molecule has 4 aromatic rings. The first-order chi connectivity index (χ1) is 40.9. The second-order valence-electron chi connectivity index (χ2n) is 24.3. The van der Waals surface area contributed by atoms with Crippen LogP contribution in [0.2, 0.25) is 0 Å². The second kappa shape index (κ2) is 30.6. The number of esters is 4. The Kier molecular flexibility index (Phi) is 24.7. The summed E-state index contributed by atoms with van der Waals surface area (Å²) in [7, 11) is -2.70. The Bertz CT molecular complexity index is 3110. The maximum Gasteiger partial charge on any atom is 0.329 e. The minimum atomic E-state index is -4.01. The lowest BCUT2D eigenvalue weighted by Crippen LogP contribution is -2.55. The number of hydrogen-bond acceptors (Lipinski definition) is 18. The molecule has 1 unspecified atom stereocenters. The summed E-state index contributed by atoms with van der Waals surface area (Å²) in [5, 5.41) is 18.7. The maximum absolute atomic E-state index is 15.0. The molecule has 0 aliphatic carbocycles. The first-order valence-electron chi connectivity index (χ1n) is 29.1. The van der Waals surface area contributed by atoms with Crippen LogP contribution in [-0.2, 0) is 103 Å². The van der Waals surface area contributed by atoms with Gasteiger partial charge in [-0.15, -0.1) is 0 Å². The van der Waals surface area contributed by atoms with Crippen LogP contribution in [0, 0.1) is 23.7 Å². The van der Waals surface area contributed by atoms with Crippen LogP contribution in [0.4, 0.5) is 0 Å². The summed E-state index contributed by atoms with van der Waals surface area (Å²) < 4.78 is 74.4. The molecule has 4 N–H and O–H groups in total. The number of aromatic nitrogens is 4. The molecule has 28 heteroatoms. The third-order valence-electron chi connectivity index (χ3n) is 14.9. The van der Waals surface area contributed by atoms with Crippen molar-refractivity contribution in [1.29, 1.82) is 0 Å². The van der Waals surface area contributed by atoms with Gasteiger partial charge >= 0.3 is 23.9 Å². The van der Waals surface area contributed by atoms with Gasteiger partial charge in [-0.2, -0.15) is 10.2 Å². The number of carbonyl (C=O) groups is 8. The van der Waals surface area contributed by atoms with Crippen molar-refractivity contribution in [2.24, 2.45) is 33.9 Å². The van der Waals surface area contributed by atoms with Crippen LogP contribution in [0.25, 0.3) is 0 Å². The standard InChI is InChI=1S/C60H86N10O16S2/c1-35(2)23-47-57(75)83-39(9)53(71)65(11)50(26-38(7)8)60(78)86-52(28-42-17-21-44(22-18-42)32-70-34-46(30-64-70)88(62,81)82)56(74)68(14)48(24-36(3)4)58(76)84-40(10)54(72)66(12)49(25-37(5)6)59(77)85-51(55(73)67(47)13)27-41-15-19-43(20-16-41)31-69-33-45(29-63-69)87(61,79)80/h15-22,29-30,33-40,47-52H,23-28,31-32H2,1-14H3,(H2,61,79,80)(H2,62,81,82)/t39-,40-,47+,48+,49+,50?,51-,52-/m1/s1. The van der Waals surface area contributed by atoms with Gasteiger partial charge < -0.3 is 38.5 Å². The minimum Gasteiger partial charge on any atom is -0.451 e. The molecule has 0 saturated carbocycles. The van der Waals surface area contributed by atoms with E-state index in [0.717, 1.165) is 32.0 Å². The van der Waals surface area contributed by atoms with Gasteiger partial charge in [-0.3, -0.25) is 28.5 Å². The normalized spacial score (nSPS) is 22.6. The molecule has 2 aromatic carbocycles. The molecule has 5 rings (SSSR count). The van der Waals surface area contributed by atoms with Gasteiger partial charge in [0.05, 0.1) is 25.5 Å². The molecule has 4 amide bonds. The third-order valence-corrected chi connectivity index (χ3v) is 16.7. The van der Waals surface area contributed by atoms with Crippen molar-refractivity contribution in [3.63, 3.8) is 0 Å². The van der Waals surface area contributed by atoms with Gasteiger partial charge in [0.15, 0.2) is 24.4 Å². The first-order valence-corrected chi connectivity index (χ1v) is 32.2. The Morgan fingerprint density at radius 2 is 0.670 bits per heavy atom. The summed E-state index contributed by atoms with van der Waals surface area (Å²) in [5.74, 6) is -8.33. The number of likely N-dealkylation sites (N-methyl/N-ethyl adjacent to an activating group) is 4. The van der Waals surface area contributed by atoms with Crippen molar-refractivity contribution < 1.29 is 74.1 Å². The SMILES string of the molecule is CC(C)CC1C(=O)O[C@H](Cc2ccc(Cn3cc(S(N)(=O)=O)cn3)cc2)C(=O)N(C)[C@@H](CC(C)C)C(=O)O[C@H](C)C(=O)N(C)[C@@H](CC(C)C)C(=O)O[C@H](Cc2ccc(Cn3cc(S(N)(=O)=O)cn3)cc2)C(=O)N(C)[C@@H](CC(C)C)C(=O)O[C@H](C)C(=O)N1C. The highest BCUT2D eigenvalue weighted by Crippen LogP contribution is 2.25. The van der Waals surface area contributed by atoms with E-state index in [0.29, 0.717) is 22.3 Å². The molecular formula is C60H86N10O16S2. The average Bonchev–Trinajstić information content (AvgIpc) is 2.93. The van der Waals surface area contributed by atoms with E-state index in [1.807, 2.05) is 0 Å². The Morgan fingerprint density at radius 1 is 0.420 bits per heavy atom. The van der Waals surface area contributed by atoms with E-state index in [1.165, 1.54) is 63.8 Å². The topological polar surface area (TPSA) is 342 Å². The Morgan fingerprint density at radius 3 is 0.920 bits per heavy atom. The van der Waals surface area contributed by atoms with Crippen molar-refractivity contribution in [2.45, 2.75) is 179 Å². The van der Waals surface area contributed by atoms with E-state index in [-0.39, 0.29) is 85.1 Å². The van der Waals surface area contributed by atoms with Crippen LogP contribution < -0.4 is 10.3 Å². The summed E-state index contributed by atoms with van der Waals surface area (Å²) >= 11 is 0. The van der Waals surface area contributed by atoms with Crippen LogP contribution in [0.1, 0.15) is 117 Å². The highest BCUT2D eigenvalue weighted by molar-refractivity contribution is 7.89. The van der Waals surface area contributed by atoms with E-state index < -0.39 is 116 Å². The van der Waals surface area contributed by atoms with Crippen LogP contribution in [0.5, 0.6) is 0 Å². The summed E-state index contributed by atoms with van der Waals surface area (Å²) in [6, 6.07) is 7.97. The zero-order chi connectivity index (χ0) is 65.9. The highest BCUT2D eigenvalue weighted by Gasteiger charge is 2.43. The molecule has 1 aliphatic rings. The monoisotopic (exact) mass is 1270 g/mol. The minimum absolute atomic E-state index is 0.0108. The van der Waals surface area contributed by atoms with Crippen molar-refractivity contribution in [2.75, 3.05) is 28.2 Å². The smallest absolute Gasteiger partial charge is 0.329 e. The number of sulfonamides is 2. The van der Waals surface area contributed by atoms with Crippen LogP contribution in [0.3, 0.4) is 0 Å². The van der Waals surface area contributed by atoms with Crippen LogP contribution >= 0.6 is 0 Å². The Labute approximate surface area is 515 Å². The quantitative estimate of drug-likeness (QED) is 0.106. The number of hydrogen-bond donors (Lipinski definition) is 2. The predicted octanol–water partition coefficient (Wildman–Crippen LogP) is 3.45. The van der Waals surface area contributed by atoms with Crippen molar-refractivity contribution >= 4 is 67.6 Å². The number of ether oxygens (including phenoxy) is 4. The lowest BCUT2D eigenvalue weighted by atomic mass is 9.99. The van der Waals surface area contributed by atoms with Crippen LogP contribution in [-0.4, -0.2) is 180 Å². The fourth-order valence-electron chi connectivity index (χ4n) is 10.0. The number of nitrogens with two attached hydrogens (primary N) is 2. The lowest BCUT2D eigenvalue weighted by Gasteiger charge is -2.35.